The minimum atomic E-state index is 0. The summed E-state index contributed by atoms with van der Waals surface area (Å²) >= 11 is 0. The predicted molar refractivity (Wildman–Crippen MR) is 56.5 cm³/mol. The number of nitrogens with zero attached hydrogens (tertiary/aromatic N) is 2. The van der Waals surface area contributed by atoms with E-state index in [1.807, 2.05) is 6.07 Å². The average Bonchev–Trinajstić information content (AvgIpc) is 2.12. The SMILES string of the molecule is CC(C)c1cc(NC2COC2)ncn1.[HH]. The minimum Gasteiger partial charge on any atom is -0.377 e. The first kappa shape index (κ1) is 9.40. The van der Waals surface area contributed by atoms with Crippen LogP contribution in [0.15, 0.2) is 12.4 Å². The van der Waals surface area contributed by atoms with Crippen molar-refractivity contribution >= 4 is 5.82 Å². The Kier molecular flexibility index (Phi) is 2.63. The van der Waals surface area contributed by atoms with Gasteiger partial charge in [-0.05, 0) is 5.92 Å². The van der Waals surface area contributed by atoms with Crippen LogP contribution in [0.5, 0.6) is 0 Å². The normalized spacial score (nSPS) is 16.8. The second-order valence-electron chi connectivity index (χ2n) is 3.86. The number of aromatic nitrogens is 2. The third-order valence-electron chi connectivity index (χ3n) is 2.27. The Hall–Kier alpha value is -1.16. The fraction of sp³-hybridized carbons (Fsp3) is 0.600. The lowest BCUT2D eigenvalue weighted by Gasteiger charge is -2.27. The summed E-state index contributed by atoms with van der Waals surface area (Å²) in [6, 6.07) is 2.42. The van der Waals surface area contributed by atoms with Crippen molar-refractivity contribution in [3.63, 3.8) is 0 Å². The summed E-state index contributed by atoms with van der Waals surface area (Å²) in [7, 11) is 0. The number of hydrogen-bond acceptors (Lipinski definition) is 4. The van der Waals surface area contributed by atoms with Crippen molar-refractivity contribution in [1.29, 1.82) is 0 Å². The van der Waals surface area contributed by atoms with Crippen LogP contribution < -0.4 is 5.32 Å². The summed E-state index contributed by atoms with van der Waals surface area (Å²) in [5.41, 5.74) is 1.07. The third-order valence-corrected chi connectivity index (χ3v) is 2.27. The first-order chi connectivity index (χ1) is 6.75. The summed E-state index contributed by atoms with van der Waals surface area (Å²) in [4.78, 5) is 8.37. The molecular weight excluding hydrogens is 178 g/mol. The smallest absolute Gasteiger partial charge is 0.129 e. The van der Waals surface area contributed by atoms with Gasteiger partial charge in [-0.2, -0.15) is 0 Å². The van der Waals surface area contributed by atoms with Gasteiger partial charge in [-0.15, -0.1) is 0 Å². The Morgan fingerprint density at radius 2 is 2.29 bits per heavy atom. The fourth-order valence-electron chi connectivity index (χ4n) is 1.30. The molecule has 0 radical (unpaired) electrons. The van der Waals surface area contributed by atoms with Crippen molar-refractivity contribution in [2.24, 2.45) is 0 Å². The zero-order chi connectivity index (χ0) is 9.97. The topological polar surface area (TPSA) is 47.0 Å². The first-order valence-corrected chi connectivity index (χ1v) is 4.92. The van der Waals surface area contributed by atoms with Gasteiger partial charge < -0.3 is 10.1 Å². The van der Waals surface area contributed by atoms with E-state index in [1.165, 1.54) is 0 Å². The predicted octanol–water partition coefficient (Wildman–Crippen LogP) is 1.66. The van der Waals surface area contributed by atoms with Crippen molar-refractivity contribution in [3.8, 4) is 0 Å². The molecule has 2 rings (SSSR count). The second kappa shape index (κ2) is 3.92. The molecule has 1 aromatic rings. The number of hydrogen-bond donors (Lipinski definition) is 1. The molecule has 14 heavy (non-hydrogen) atoms. The van der Waals surface area contributed by atoms with Crippen LogP contribution in [-0.4, -0.2) is 29.2 Å². The van der Waals surface area contributed by atoms with Crippen molar-refractivity contribution in [1.82, 2.24) is 9.97 Å². The Labute approximate surface area is 85.2 Å². The van der Waals surface area contributed by atoms with Crippen molar-refractivity contribution in [2.45, 2.75) is 25.8 Å². The molecule has 1 aromatic heterocycles. The van der Waals surface area contributed by atoms with Gasteiger partial charge in [0.25, 0.3) is 0 Å². The van der Waals surface area contributed by atoms with Crippen LogP contribution in [0.25, 0.3) is 0 Å². The van der Waals surface area contributed by atoms with Gasteiger partial charge in [-0.1, -0.05) is 13.8 Å². The molecular formula is C10H17N3O. The Morgan fingerprint density at radius 3 is 2.86 bits per heavy atom. The number of nitrogens with one attached hydrogen (secondary N) is 1. The number of anilines is 1. The zero-order valence-electron chi connectivity index (χ0n) is 8.53. The summed E-state index contributed by atoms with van der Waals surface area (Å²) in [6.45, 7) is 5.80. The van der Waals surface area contributed by atoms with Crippen LogP contribution in [0, 0.1) is 0 Å². The molecule has 0 amide bonds. The van der Waals surface area contributed by atoms with Crippen molar-refractivity contribution < 1.29 is 6.16 Å². The van der Waals surface area contributed by atoms with Gasteiger partial charge in [-0.25, -0.2) is 9.97 Å². The van der Waals surface area contributed by atoms with Crippen LogP contribution in [0.1, 0.15) is 26.9 Å². The highest BCUT2D eigenvalue weighted by Crippen LogP contribution is 2.15. The molecule has 0 aliphatic carbocycles. The van der Waals surface area contributed by atoms with Crippen molar-refractivity contribution in [2.75, 3.05) is 18.5 Å². The second-order valence-corrected chi connectivity index (χ2v) is 3.86. The number of ether oxygens (including phenoxy) is 1. The molecule has 4 nitrogen and oxygen atoms in total. The van der Waals surface area contributed by atoms with Crippen LogP contribution in [0.4, 0.5) is 5.82 Å². The third kappa shape index (κ3) is 2.01. The molecule has 0 bridgehead atoms. The lowest BCUT2D eigenvalue weighted by atomic mass is 10.1. The molecule has 1 fully saturated rings. The Bertz CT molecular complexity index is 315. The largest absolute Gasteiger partial charge is 0.377 e. The summed E-state index contributed by atoms with van der Waals surface area (Å²) in [5.74, 6) is 1.34. The van der Waals surface area contributed by atoms with E-state index in [-0.39, 0.29) is 1.43 Å². The van der Waals surface area contributed by atoms with Crippen LogP contribution in [0.3, 0.4) is 0 Å². The molecule has 0 aromatic carbocycles. The maximum absolute atomic E-state index is 5.08. The van der Waals surface area contributed by atoms with E-state index < -0.39 is 0 Å². The molecule has 78 valence electrons. The Balaban J connectivity index is 0.00000112. The lowest BCUT2D eigenvalue weighted by Crippen LogP contribution is -2.40. The minimum absolute atomic E-state index is 0. The quantitative estimate of drug-likeness (QED) is 0.796. The maximum Gasteiger partial charge on any atom is 0.129 e. The molecule has 0 saturated carbocycles. The monoisotopic (exact) mass is 195 g/mol. The maximum atomic E-state index is 5.08. The van der Waals surface area contributed by atoms with Gasteiger partial charge in [0.05, 0.1) is 19.3 Å². The summed E-state index contributed by atoms with van der Waals surface area (Å²) in [5, 5.41) is 3.30. The Morgan fingerprint density at radius 1 is 1.50 bits per heavy atom. The molecule has 0 spiro atoms. The standard InChI is InChI=1S/C10H15N3O.H2/c1-7(2)9-3-10(12-6-11-9)13-8-4-14-5-8;/h3,6-8H,4-5H2,1-2H3,(H,11,12,13);1H. The molecule has 4 heteroatoms. The van der Waals surface area contributed by atoms with E-state index in [2.05, 4.69) is 29.1 Å². The highest BCUT2D eigenvalue weighted by molar-refractivity contribution is 5.37. The summed E-state index contributed by atoms with van der Waals surface area (Å²) < 4.78 is 5.08. The molecule has 0 unspecified atom stereocenters. The molecule has 1 saturated heterocycles. The van der Waals surface area contributed by atoms with E-state index >= 15 is 0 Å². The van der Waals surface area contributed by atoms with Crippen LogP contribution in [0.2, 0.25) is 0 Å². The van der Waals surface area contributed by atoms with E-state index in [1.54, 1.807) is 6.33 Å². The molecule has 1 aliphatic rings. The molecule has 1 N–H and O–H groups in total. The number of rotatable bonds is 3. The highest BCUT2D eigenvalue weighted by Gasteiger charge is 2.18. The van der Waals surface area contributed by atoms with E-state index in [0.717, 1.165) is 24.7 Å². The molecule has 0 atom stereocenters. The highest BCUT2D eigenvalue weighted by atomic mass is 16.5. The van der Waals surface area contributed by atoms with Gasteiger partial charge in [0.2, 0.25) is 0 Å². The molecule has 2 heterocycles. The van der Waals surface area contributed by atoms with E-state index in [0.29, 0.717) is 12.0 Å². The average molecular weight is 195 g/mol. The lowest BCUT2D eigenvalue weighted by molar-refractivity contribution is 0.0209. The first-order valence-electron chi connectivity index (χ1n) is 4.92. The van der Waals surface area contributed by atoms with Gasteiger partial charge in [0.15, 0.2) is 0 Å². The molecule has 1 aliphatic heterocycles. The van der Waals surface area contributed by atoms with Gasteiger partial charge >= 0.3 is 0 Å². The summed E-state index contributed by atoms with van der Waals surface area (Å²) in [6.07, 6.45) is 1.61. The fourth-order valence-corrected chi connectivity index (χ4v) is 1.30. The van der Waals surface area contributed by atoms with Crippen LogP contribution >= 0.6 is 0 Å². The van der Waals surface area contributed by atoms with Crippen LogP contribution in [-0.2, 0) is 4.74 Å². The van der Waals surface area contributed by atoms with Gasteiger partial charge in [0.1, 0.15) is 12.1 Å². The van der Waals surface area contributed by atoms with Gasteiger partial charge in [-0.3, -0.25) is 0 Å². The van der Waals surface area contributed by atoms with E-state index in [4.69, 9.17) is 4.74 Å². The van der Waals surface area contributed by atoms with Gasteiger partial charge in [0, 0.05) is 13.2 Å². The van der Waals surface area contributed by atoms with Crippen molar-refractivity contribution in [3.05, 3.63) is 18.1 Å². The van der Waals surface area contributed by atoms with E-state index in [9.17, 15) is 0 Å². The zero-order valence-corrected chi connectivity index (χ0v) is 8.53.